The van der Waals surface area contributed by atoms with Crippen LogP contribution in [0.4, 0.5) is 4.39 Å². The molecule has 144 valence electrons. The summed E-state index contributed by atoms with van der Waals surface area (Å²) in [4.78, 5) is 50.7. The van der Waals surface area contributed by atoms with Crippen molar-refractivity contribution in [2.24, 2.45) is 5.92 Å². The zero-order chi connectivity index (χ0) is 19.4. The van der Waals surface area contributed by atoms with E-state index in [-0.39, 0.29) is 17.7 Å². The fourth-order valence-corrected chi connectivity index (χ4v) is 3.33. The van der Waals surface area contributed by atoms with E-state index < -0.39 is 24.3 Å². The fraction of sp³-hybridized carbons (Fsp3) is 0.474. The third kappa shape index (κ3) is 4.50. The Morgan fingerprint density at radius 3 is 2.33 bits per heavy atom. The van der Waals surface area contributed by atoms with Crippen molar-refractivity contribution in [3.63, 3.8) is 0 Å². The Morgan fingerprint density at radius 1 is 1.07 bits per heavy atom. The lowest BCUT2D eigenvalue weighted by Gasteiger charge is -2.31. The number of piperidine rings is 1. The molecule has 0 bridgehead atoms. The van der Waals surface area contributed by atoms with Gasteiger partial charge < -0.3 is 9.64 Å². The van der Waals surface area contributed by atoms with Crippen LogP contribution in [-0.4, -0.2) is 59.7 Å². The molecule has 0 N–H and O–H groups in total. The molecule has 2 saturated heterocycles. The second kappa shape index (κ2) is 8.28. The van der Waals surface area contributed by atoms with E-state index in [4.69, 9.17) is 4.74 Å². The number of hydrogen-bond donors (Lipinski definition) is 0. The maximum Gasteiger partial charge on any atom is 0.309 e. The number of rotatable bonds is 4. The summed E-state index contributed by atoms with van der Waals surface area (Å²) in [7, 11) is 0. The zero-order valence-corrected chi connectivity index (χ0v) is 14.9. The third-order valence-corrected chi connectivity index (χ3v) is 4.92. The van der Waals surface area contributed by atoms with Crippen LogP contribution in [0.1, 0.15) is 36.0 Å². The molecule has 0 aromatic heterocycles. The van der Waals surface area contributed by atoms with Crippen molar-refractivity contribution in [2.45, 2.75) is 25.7 Å². The largest absolute Gasteiger partial charge is 0.455 e. The number of benzene rings is 1. The standard InChI is InChI=1S/C19H21FN2O5/c20-15-5-3-13(4-6-15)18(25)21-10-7-14(8-11-21)19(26)27-12-17(24)22-9-1-2-16(22)23/h3-6,14H,1-2,7-12H2. The number of carbonyl (C=O) groups excluding carboxylic acids is 4. The van der Waals surface area contributed by atoms with Crippen molar-refractivity contribution in [2.75, 3.05) is 26.2 Å². The molecule has 1 aromatic carbocycles. The molecule has 0 spiro atoms. The van der Waals surface area contributed by atoms with Crippen molar-refractivity contribution in [1.29, 1.82) is 0 Å². The van der Waals surface area contributed by atoms with Gasteiger partial charge in [-0.05, 0) is 43.5 Å². The molecule has 8 heteroatoms. The number of esters is 1. The van der Waals surface area contributed by atoms with Gasteiger partial charge in [0.25, 0.3) is 11.8 Å². The summed E-state index contributed by atoms with van der Waals surface area (Å²) in [5.41, 5.74) is 0.401. The molecule has 2 aliphatic heterocycles. The Labute approximate surface area is 156 Å². The summed E-state index contributed by atoms with van der Waals surface area (Å²) in [5, 5.41) is 0. The number of ether oxygens (including phenoxy) is 1. The van der Waals surface area contributed by atoms with Crippen molar-refractivity contribution in [3.05, 3.63) is 35.6 Å². The highest BCUT2D eigenvalue weighted by molar-refractivity contribution is 5.97. The van der Waals surface area contributed by atoms with Crippen LogP contribution in [0.3, 0.4) is 0 Å². The minimum Gasteiger partial charge on any atom is -0.455 e. The number of halogens is 1. The Bertz CT molecular complexity index is 741. The van der Waals surface area contributed by atoms with E-state index in [0.29, 0.717) is 50.9 Å². The number of imide groups is 1. The van der Waals surface area contributed by atoms with Crippen LogP contribution >= 0.6 is 0 Å². The second-order valence-corrected chi connectivity index (χ2v) is 6.72. The van der Waals surface area contributed by atoms with Gasteiger partial charge in [0.15, 0.2) is 6.61 Å². The maximum atomic E-state index is 13.0. The third-order valence-electron chi connectivity index (χ3n) is 4.92. The van der Waals surface area contributed by atoms with Crippen LogP contribution in [0.2, 0.25) is 0 Å². The minimum absolute atomic E-state index is 0.204. The van der Waals surface area contributed by atoms with Gasteiger partial charge in [-0.15, -0.1) is 0 Å². The Balaban J connectivity index is 1.45. The summed E-state index contributed by atoms with van der Waals surface area (Å²) in [6, 6.07) is 5.34. The average Bonchev–Trinajstić information content (AvgIpc) is 3.12. The van der Waals surface area contributed by atoms with Gasteiger partial charge in [0.2, 0.25) is 5.91 Å². The summed E-state index contributed by atoms with van der Waals surface area (Å²) < 4.78 is 18.0. The first kappa shape index (κ1) is 19.0. The number of amides is 3. The Morgan fingerprint density at radius 2 is 1.74 bits per heavy atom. The molecule has 0 aliphatic carbocycles. The molecule has 0 unspecified atom stereocenters. The van der Waals surface area contributed by atoms with Crippen LogP contribution in [0, 0.1) is 11.7 Å². The zero-order valence-electron chi connectivity index (χ0n) is 14.9. The lowest BCUT2D eigenvalue weighted by Crippen LogP contribution is -2.41. The van der Waals surface area contributed by atoms with E-state index in [1.807, 2.05) is 0 Å². The van der Waals surface area contributed by atoms with Crippen LogP contribution < -0.4 is 0 Å². The van der Waals surface area contributed by atoms with Crippen LogP contribution in [-0.2, 0) is 19.1 Å². The van der Waals surface area contributed by atoms with E-state index in [2.05, 4.69) is 0 Å². The van der Waals surface area contributed by atoms with Gasteiger partial charge in [-0.1, -0.05) is 0 Å². The first-order valence-corrected chi connectivity index (χ1v) is 9.00. The van der Waals surface area contributed by atoms with Crippen LogP contribution in [0.5, 0.6) is 0 Å². The van der Waals surface area contributed by atoms with Crippen molar-refractivity contribution in [1.82, 2.24) is 9.80 Å². The van der Waals surface area contributed by atoms with Crippen molar-refractivity contribution in [3.8, 4) is 0 Å². The number of carbonyl (C=O) groups is 4. The summed E-state index contributed by atoms with van der Waals surface area (Å²) in [6.07, 6.45) is 1.85. The molecular weight excluding hydrogens is 355 g/mol. The molecule has 1 aromatic rings. The molecule has 0 saturated carbocycles. The lowest BCUT2D eigenvalue weighted by molar-refractivity contribution is -0.158. The molecule has 0 radical (unpaired) electrons. The summed E-state index contributed by atoms with van der Waals surface area (Å²) >= 11 is 0. The highest BCUT2D eigenvalue weighted by Gasteiger charge is 2.31. The van der Waals surface area contributed by atoms with E-state index in [9.17, 15) is 23.6 Å². The minimum atomic E-state index is -0.491. The molecule has 3 amide bonds. The number of hydrogen-bond acceptors (Lipinski definition) is 5. The Kier molecular flexibility index (Phi) is 5.83. The predicted octanol–water partition coefficient (Wildman–Crippen LogP) is 1.37. The SMILES string of the molecule is O=C(OCC(=O)N1CCCC1=O)C1CCN(C(=O)c2ccc(F)cc2)CC1. The fourth-order valence-electron chi connectivity index (χ4n) is 3.33. The van der Waals surface area contributed by atoms with Gasteiger partial charge in [0.1, 0.15) is 5.82 Å². The lowest BCUT2D eigenvalue weighted by atomic mass is 9.96. The quantitative estimate of drug-likeness (QED) is 0.741. The Hall–Kier alpha value is -2.77. The number of nitrogens with zero attached hydrogens (tertiary/aromatic N) is 2. The summed E-state index contributed by atoms with van der Waals surface area (Å²) in [6.45, 7) is 0.710. The highest BCUT2D eigenvalue weighted by Crippen LogP contribution is 2.21. The second-order valence-electron chi connectivity index (χ2n) is 6.72. The molecule has 27 heavy (non-hydrogen) atoms. The molecule has 3 rings (SSSR count). The molecular formula is C19H21FN2O5. The normalized spacial score (nSPS) is 17.9. The van der Waals surface area contributed by atoms with E-state index in [1.165, 1.54) is 24.3 Å². The number of likely N-dealkylation sites (tertiary alicyclic amines) is 2. The highest BCUT2D eigenvalue weighted by atomic mass is 19.1. The van der Waals surface area contributed by atoms with Gasteiger partial charge in [0, 0.05) is 31.6 Å². The molecule has 0 atom stereocenters. The van der Waals surface area contributed by atoms with Crippen LogP contribution in [0.25, 0.3) is 0 Å². The monoisotopic (exact) mass is 376 g/mol. The smallest absolute Gasteiger partial charge is 0.309 e. The molecule has 2 aliphatic rings. The van der Waals surface area contributed by atoms with E-state index in [1.54, 1.807) is 4.90 Å². The first-order valence-electron chi connectivity index (χ1n) is 9.00. The molecule has 7 nitrogen and oxygen atoms in total. The van der Waals surface area contributed by atoms with Gasteiger partial charge in [-0.25, -0.2) is 4.39 Å². The predicted molar refractivity (Wildman–Crippen MR) is 91.9 cm³/mol. The van der Waals surface area contributed by atoms with Gasteiger partial charge in [0.05, 0.1) is 5.92 Å². The van der Waals surface area contributed by atoms with E-state index >= 15 is 0 Å². The van der Waals surface area contributed by atoms with Gasteiger partial charge >= 0.3 is 5.97 Å². The molecule has 2 heterocycles. The maximum absolute atomic E-state index is 13.0. The van der Waals surface area contributed by atoms with Crippen LogP contribution in [0.15, 0.2) is 24.3 Å². The van der Waals surface area contributed by atoms with Crippen molar-refractivity contribution < 1.29 is 28.3 Å². The van der Waals surface area contributed by atoms with E-state index in [0.717, 1.165) is 4.90 Å². The average molecular weight is 376 g/mol. The topological polar surface area (TPSA) is 84.0 Å². The first-order chi connectivity index (χ1) is 13.0. The van der Waals surface area contributed by atoms with Crippen molar-refractivity contribution >= 4 is 23.7 Å². The molecule has 2 fully saturated rings. The van der Waals surface area contributed by atoms with Gasteiger partial charge in [-0.2, -0.15) is 0 Å². The summed E-state index contributed by atoms with van der Waals surface area (Å²) in [5.74, 6) is -2.20. The van der Waals surface area contributed by atoms with Gasteiger partial charge in [-0.3, -0.25) is 24.1 Å².